The molecule has 5 aliphatic rings. The Morgan fingerprint density at radius 3 is 1.47 bits per heavy atom. The molecule has 13 aromatic carbocycles. The fourth-order valence-electron chi connectivity index (χ4n) is 15.7. The van der Waals surface area contributed by atoms with Gasteiger partial charge in [-0.15, -0.1) is 16.4 Å². The first kappa shape index (κ1) is 107. The van der Waals surface area contributed by atoms with Crippen LogP contribution in [0.2, 0.25) is 0 Å². The quantitative estimate of drug-likeness (QED) is 0.107. The van der Waals surface area contributed by atoms with Gasteiger partial charge < -0.3 is 30.1 Å². The lowest BCUT2D eigenvalue weighted by molar-refractivity contribution is -0.136. The van der Waals surface area contributed by atoms with E-state index in [9.17, 15) is 4.79 Å². The third-order valence-electron chi connectivity index (χ3n) is 23.1. The van der Waals surface area contributed by atoms with E-state index in [1.54, 1.807) is 71.9 Å². The predicted molar refractivity (Wildman–Crippen MR) is 598 cm³/mol. The van der Waals surface area contributed by atoms with Gasteiger partial charge in [-0.1, -0.05) is 358 Å². The van der Waals surface area contributed by atoms with Gasteiger partial charge in [0.05, 0.1) is 58.7 Å². The maximum absolute atomic E-state index is 10.5. The van der Waals surface area contributed by atoms with Crippen molar-refractivity contribution in [2.45, 2.75) is 102 Å². The summed E-state index contributed by atoms with van der Waals surface area (Å²) in [6.45, 7) is 4.54. The second kappa shape index (κ2) is 66.0. The number of pyridine rings is 3. The molecule has 732 valence electrons. The van der Waals surface area contributed by atoms with E-state index in [-0.39, 0.29) is 6.42 Å². The van der Waals surface area contributed by atoms with Crippen LogP contribution in [0.15, 0.2) is 514 Å². The molecule has 0 radical (unpaired) electrons. The van der Waals surface area contributed by atoms with Crippen LogP contribution in [0.5, 0.6) is 0 Å². The summed E-state index contributed by atoms with van der Waals surface area (Å²) in [5, 5.41) is 37.5. The summed E-state index contributed by atoms with van der Waals surface area (Å²) in [6, 6.07) is 138. The average molecular weight is 1930 g/mol. The van der Waals surface area contributed by atoms with Crippen molar-refractivity contribution in [2.75, 3.05) is 19.6 Å². The van der Waals surface area contributed by atoms with Crippen molar-refractivity contribution in [2.24, 2.45) is 23.2 Å². The number of carboxylic acids is 1. The molecule has 0 bridgehead atoms. The van der Waals surface area contributed by atoms with Crippen LogP contribution in [0, 0.1) is 5.92 Å². The Bertz CT molecular complexity index is 6380. The molecule has 2 atom stereocenters. The Balaban J connectivity index is 0.000000139. The van der Waals surface area contributed by atoms with Crippen molar-refractivity contribution in [3.05, 3.63) is 521 Å². The van der Waals surface area contributed by atoms with Crippen molar-refractivity contribution in [1.29, 1.82) is 0 Å². The smallest absolute Gasteiger partial charge is 0.307 e. The highest BCUT2D eigenvalue weighted by Gasteiger charge is 2.26. The average Bonchev–Trinajstić information content (AvgIpc) is 1.07. The predicted octanol–water partition coefficient (Wildman–Crippen LogP) is 30.4. The minimum Gasteiger partial charge on any atom is -0.481 e. The molecule has 0 amide bonds. The summed E-state index contributed by atoms with van der Waals surface area (Å²) < 4.78 is 8.08. The van der Waals surface area contributed by atoms with Crippen molar-refractivity contribution < 1.29 is 14.3 Å². The fourth-order valence-corrected chi connectivity index (χ4v) is 16.4. The zero-order valence-corrected chi connectivity index (χ0v) is 83.1. The van der Waals surface area contributed by atoms with Gasteiger partial charge in [0.15, 0.2) is 0 Å². The summed E-state index contributed by atoms with van der Waals surface area (Å²) in [7, 11) is 1.86. The van der Waals surface area contributed by atoms with Crippen molar-refractivity contribution in [3.8, 4) is 33.5 Å². The second-order valence-corrected chi connectivity index (χ2v) is 34.5. The van der Waals surface area contributed by atoms with Crippen LogP contribution in [0.25, 0.3) is 87.3 Å². The van der Waals surface area contributed by atoms with Crippen LogP contribution in [-0.4, -0.2) is 96.6 Å². The molecule has 19 nitrogen and oxygen atoms in total. The summed E-state index contributed by atoms with van der Waals surface area (Å²) >= 11 is 1.68. The van der Waals surface area contributed by atoms with Gasteiger partial charge in [-0.3, -0.25) is 24.4 Å². The first-order valence-corrected chi connectivity index (χ1v) is 50.3. The van der Waals surface area contributed by atoms with Gasteiger partial charge in [0, 0.05) is 102 Å². The van der Waals surface area contributed by atoms with Crippen molar-refractivity contribution in [3.63, 3.8) is 0 Å². The van der Waals surface area contributed by atoms with Crippen LogP contribution in [0.4, 0.5) is 5.69 Å². The molecule has 22 aromatic rings. The molecular formula is C125H128N16O3S. The molecule has 1 saturated carbocycles. The number of imidazole rings is 1. The van der Waals surface area contributed by atoms with Crippen LogP contribution >= 0.6 is 11.3 Å². The Hall–Kier alpha value is -16.8. The number of thiazole rings is 1. The Morgan fingerprint density at radius 1 is 0.407 bits per heavy atom. The molecule has 2 aliphatic carbocycles. The molecule has 9 aromatic heterocycles. The van der Waals surface area contributed by atoms with E-state index >= 15 is 0 Å². The number of carbonyl (C=O) groups is 1. The number of nitrogens with zero attached hydrogens (tertiary/aromatic N) is 12. The number of hydrogen-bond acceptors (Lipinski definition) is 16. The Kier molecular flexibility index (Phi) is 48.7. The summed E-state index contributed by atoms with van der Waals surface area (Å²) in [6.07, 6.45) is 40.9. The third kappa shape index (κ3) is 41.5. The zero-order chi connectivity index (χ0) is 100. The van der Waals surface area contributed by atoms with E-state index in [2.05, 4.69) is 222 Å². The summed E-state index contributed by atoms with van der Waals surface area (Å²) in [4.78, 5) is 43.8. The van der Waals surface area contributed by atoms with E-state index < -0.39 is 5.97 Å². The summed E-state index contributed by atoms with van der Waals surface area (Å²) in [5.41, 5.74) is 18.9. The molecule has 20 heteroatoms. The zero-order valence-electron chi connectivity index (χ0n) is 82.3. The maximum Gasteiger partial charge on any atom is 0.307 e. The van der Waals surface area contributed by atoms with Gasteiger partial charge >= 0.3 is 5.97 Å². The van der Waals surface area contributed by atoms with Gasteiger partial charge in [-0.05, 0) is 218 Å². The molecule has 3 fully saturated rings. The van der Waals surface area contributed by atoms with E-state index in [1.165, 1.54) is 169 Å². The van der Waals surface area contributed by atoms with Crippen LogP contribution < -0.4 is 10.6 Å². The molecular weight excluding hydrogens is 1810 g/mol. The fraction of sp³-hybridized carbons (Fsp3) is 0.168. The largest absolute Gasteiger partial charge is 0.481 e. The lowest BCUT2D eigenvalue weighted by Crippen LogP contribution is -2.42. The molecule has 0 spiro atoms. The number of aliphatic carboxylic acids is 1. The molecule has 5 N–H and O–H groups in total. The maximum atomic E-state index is 10.5. The van der Waals surface area contributed by atoms with E-state index in [1.807, 2.05) is 298 Å². The standard InChI is InChI=1S/C14H12O2.C12H10.C10H8.C9H9N3.C9H17N.C9H11N.C9H7N.C8H7N.C8H6O.C7H6N2.C7H5NS.C6H6.C5H11N.C5H5N.C4H4N2.C3H4N2/c15-14(16)10-11-6-8-13(9-7-11)12-4-2-1-3-5-12;1-3-7-11(8-4-1)12-9-5-2-6-10-12;1-2-6-10-8-4-3-7-9(10)5-1;1-12-7-9(10-11-12)8-5-3-2-4-6-8;3*1-2-6-9-8(4-1)5-3-7-10-9;2*1-2-4-8-7(3-1)5-6-9-8;1-2-4-7-6(3-1)5-8-9-7;1-2-4-7-6(3-1)8-5-9-7;3*1-2-4-6-5-3-1;1-2-5-4-6-3-1;1-2-5-3-4-1/h1-9H,10H2,(H,15,16);1-10H;1-8H;2-7H,1H3;8-10H,1-7H2;3,5,7H,1-2,4,6H2;1-7H;1-6,9H;1-6H;1-4H,5H2;1-5H;1-6H;6H,1-5H2;1-5H;1-4H;1-3H,(H,4,5). The number of benzene rings is 13. The number of furan rings is 1. The first-order chi connectivity index (χ1) is 71.8. The molecule has 3 aliphatic heterocycles. The van der Waals surface area contributed by atoms with E-state index in [0.717, 1.165) is 74.1 Å². The third-order valence-corrected chi connectivity index (χ3v) is 23.9. The normalized spacial score (nSPS) is 13.1. The number of nitrogens with one attached hydrogen (secondary N) is 4. The highest BCUT2D eigenvalue weighted by Crippen LogP contribution is 2.31. The van der Waals surface area contributed by atoms with Crippen molar-refractivity contribution >= 4 is 76.8 Å². The van der Waals surface area contributed by atoms with Crippen LogP contribution in [-0.2, 0) is 37.6 Å². The Labute approximate surface area is 856 Å². The number of azo groups is 1. The van der Waals surface area contributed by atoms with Gasteiger partial charge in [0.1, 0.15) is 17.6 Å². The molecule has 2 unspecified atom stereocenters. The number of aryl methyl sites for hydroxylation is 3. The van der Waals surface area contributed by atoms with E-state index in [4.69, 9.17) is 9.52 Å². The number of para-hydroxylation sites is 4. The van der Waals surface area contributed by atoms with Crippen LogP contribution in [0.1, 0.15) is 93.0 Å². The lowest BCUT2D eigenvalue weighted by Gasteiger charge is -2.36. The summed E-state index contributed by atoms with van der Waals surface area (Å²) in [5.74, 6) is 0.245. The molecule has 2 saturated heterocycles. The lowest BCUT2D eigenvalue weighted by atomic mass is 9.80. The van der Waals surface area contributed by atoms with Gasteiger partial charge in [-0.25, -0.2) is 19.9 Å². The van der Waals surface area contributed by atoms with Crippen molar-refractivity contribution in [1.82, 2.24) is 70.5 Å². The number of hydrogen-bond donors (Lipinski definition) is 5. The topological polar surface area (TPSA) is 252 Å². The monoisotopic (exact) mass is 1930 g/mol. The van der Waals surface area contributed by atoms with Gasteiger partial charge in [-0.2, -0.15) is 10.2 Å². The number of fused-ring (bicyclic) bond motifs is 8. The highest BCUT2D eigenvalue weighted by atomic mass is 32.1. The Morgan fingerprint density at radius 2 is 0.938 bits per heavy atom. The van der Waals surface area contributed by atoms with E-state index in [0.29, 0.717) is 0 Å². The minimum atomic E-state index is -0.799. The number of carboxylic acid groups (broad SMARTS) is 1. The SMILES string of the molecule is C1CCC2NCCCC2C1.C1CCNCC1.Cn1cc(-c2ccccc2)nn1.O=C(O)Cc1ccc(-c2ccccc2)cc1.c1c[nH]cn1.c1ccc(-c2ccccc2)cc1.c1ccc2[nH]ccc2c1.c1ccc2c(c1)CN=N2.c1ccc2ccccc2c1.c1ccc2ncccc2c1.c1ccc2occc2c1.c1ccc2scnc2c1.c1ccccc1.c1ccncc1.c1cnc2c(c1)CCCC2.c1cncnc1. The number of aromatic amines is 2. The number of rotatable bonds is 5. The highest BCUT2D eigenvalue weighted by molar-refractivity contribution is 7.16. The second-order valence-electron chi connectivity index (χ2n) is 33.6. The van der Waals surface area contributed by atoms with Crippen LogP contribution in [0.3, 0.4) is 0 Å². The number of H-pyrrole nitrogens is 2. The molecule has 27 rings (SSSR count). The van der Waals surface area contributed by atoms with Gasteiger partial charge in [0.2, 0.25) is 0 Å². The minimum absolute atomic E-state index is 0.0784. The number of aromatic nitrogens is 12. The number of piperidine rings is 2. The van der Waals surface area contributed by atoms with Gasteiger partial charge in [0.25, 0.3) is 0 Å². The molecule has 12 heterocycles. The molecule has 145 heavy (non-hydrogen) atoms. The first-order valence-electron chi connectivity index (χ1n) is 49.5.